The Morgan fingerprint density at radius 1 is 1.22 bits per heavy atom. The lowest BCUT2D eigenvalue weighted by Gasteiger charge is -2.32. The molecule has 0 atom stereocenters. The quantitative estimate of drug-likeness (QED) is 0.850. The van der Waals surface area contributed by atoms with Crippen molar-refractivity contribution < 1.29 is 12.8 Å². The SMILES string of the molecule is Cl.O=S(=O)(c1c(F)cccc1Cl)N1CCC(NCC2CC2)CC1. The van der Waals surface area contributed by atoms with Gasteiger partial charge in [0.25, 0.3) is 0 Å². The van der Waals surface area contributed by atoms with Gasteiger partial charge in [0.1, 0.15) is 10.7 Å². The average Bonchev–Trinajstić information content (AvgIpc) is 3.29. The van der Waals surface area contributed by atoms with Gasteiger partial charge in [-0.25, -0.2) is 12.8 Å². The van der Waals surface area contributed by atoms with Gasteiger partial charge in [-0.3, -0.25) is 0 Å². The van der Waals surface area contributed by atoms with Crippen molar-refractivity contribution >= 4 is 34.0 Å². The molecule has 8 heteroatoms. The van der Waals surface area contributed by atoms with Crippen LogP contribution in [0.15, 0.2) is 23.1 Å². The van der Waals surface area contributed by atoms with Crippen LogP contribution < -0.4 is 5.32 Å². The van der Waals surface area contributed by atoms with E-state index < -0.39 is 20.7 Å². The Labute approximate surface area is 147 Å². The van der Waals surface area contributed by atoms with Crippen molar-refractivity contribution in [2.45, 2.75) is 36.6 Å². The van der Waals surface area contributed by atoms with Gasteiger partial charge in [-0.05, 0) is 50.3 Å². The lowest BCUT2D eigenvalue weighted by Crippen LogP contribution is -2.45. The Kier molecular flexibility index (Phi) is 6.30. The zero-order valence-electron chi connectivity index (χ0n) is 12.7. The van der Waals surface area contributed by atoms with Crippen LogP contribution in [0.4, 0.5) is 4.39 Å². The van der Waals surface area contributed by atoms with Gasteiger partial charge < -0.3 is 5.32 Å². The average molecular weight is 383 g/mol. The number of nitrogens with one attached hydrogen (secondary N) is 1. The molecule has 2 aliphatic rings. The van der Waals surface area contributed by atoms with Crippen LogP contribution in [0.2, 0.25) is 5.02 Å². The molecule has 4 nitrogen and oxygen atoms in total. The highest BCUT2D eigenvalue weighted by Gasteiger charge is 2.33. The summed E-state index contributed by atoms with van der Waals surface area (Å²) in [6, 6.07) is 4.29. The van der Waals surface area contributed by atoms with Gasteiger partial charge in [0.15, 0.2) is 0 Å². The van der Waals surface area contributed by atoms with E-state index in [1.807, 2.05) is 0 Å². The van der Waals surface area contributed by atoms with Crippen molar-refractivity contribution in [3.05, 3.63) is 29.0 Å². The molecule has 1 saturated carbocycles. The van der Waals surface area contributed by atoms with E-state index in [1.165, 1.54) is 29.3 Å². The van der Waals surface area contributed by atoms with E-state index in [4.69, 9.17) is 11.6 Å². The lowest BCUT2D eigenvalue weighted by atomic mass is 10.1. The molecule has 0 radical (unpaired) electrons. The highest BCUT2D eigenvalue weighted by molar-refractivity contribution is 7.89. The van der Waals surface area contributed by atoms with Gasteiger partial charge in [0.05, 0.1) is 5.02 Å². The maximum Gasteiger partial charge on any atom is 0.247 e. The Balaban J connectivity index is 0.00000192. The van der Waals surface area contributed by atoms with E-state index >= 15 is 0 Å². The summed E-state index contributed by atoms with van der Waals surface area (Å²) < 4.78 is 40.4. The number of hydrogen-bond acceptors (Lipinski definition) is 3. The minimum absolute atomic E-state index is 0. The summed E-state index contributed by atoms with van der Waals surface area (Å²) in [5, 5.41) is 3.44. The molecule has 0 spiro atoms. The Hall–Kier alpha value is -0.400. The Morgan fingerprint density at radius 3 is 2.43 bits per heavy atom. The van der Waals surface area contributed by atoms with Gasteiger partial charge in [-0.1, -0.05) is 17.7 Å². The van der Waals surface area contributed by atoms with Crippen LogP contribution in [0, 0.1) is 11.7 Å². The van der Waals surface area contributed by atoms with Crippen LogP contribution in [0.1, 0.15) is 25.7 Å². The molecule has 1 aliphatic carbocycles. The summed E-state index contributed by atoms with van der Waals surface area (Å²) in [6.45, 7) is 1.82. The van der Waals surface area contributed by atoms with E-state index in [0.717, 1.165) is 31.4 Å². The topological polar surface area (TPSA) is 49.4 Å². The summed E-state index contributed by atoms with van der Waals surface area (Å²) in [5.74, 6) is 0.0143. The molecular weight excluding hydrogens is 362 g/mol. The number of hydrogen-bond donors (Lipinski definition) is 1. The summed E-state index contributed by atoms with van der Waals surface area (Å²) in [6.07, 6.45) is 4.09. The third kappa shape index (κ3) is 4.37. The van der Waals surface area contributed by atoms with Crippen molar-refractivity contribution in [1.29, 1.82) is 0 Å². The van der Waals surface area contributed by atoms with Crippen LogP contribution in [0.3, 0.4) is 0 Å². The van der Waals surface area contributed by atoms with Crippen LogP contribution in [0.25, 0.3) is 0 Å². The third-order valence-electron chi connectivity index (χ3n) is 4.36. The summed E-state index contributed by atoms with van der Waals surface area (Å²) in [4.78, 5) is -0.402. The maximum atomic E-state index is 13.9. The maximum absolute atomic E-state index is 13.9. The monoisotopic (exact) mass is 382 g/mol. The zero-order valence-corrected chi connectivity index (χ0v) is 15.1. The predicted molar refractivity (Wildman–Crippen MR) is 91.2 cm³/mol. The van der Waals surface area contributed by atoms with Crippen molar-refractivity contribution in [3.8, 4) is 0 Å². The zero-order chi connectivity index (χ0) is 15.7. The van der Waals surface area contributed by atoms with Crippen LogP contribution in [0.5, 0.6) is 0 Å². The van der Waals surface area contributed by atoms with Gasteiger partial charge in [-0.15, -0.1) is 12.4 Å². The fraction of sp³-hybridized carbons (Fsp3) is 0.600. The van der Waals surface area contributed by atoms with E-state index in [2.05, 4.69) is 5.32 Å². The molecule has 130 valence electrons. The largest absolute Gasteiger partial charge is 0.314 e. The van der Waals surface area contributed by atoms with Crippen molar-refractivity contribution in [3.63, 3.8) is 0 Å². The van der Waals surface area contributed by atoms with Gasteiger partial charge in [0, 0.05) is 19.1 Å². The predicted octanol–water partition coefficient (Wildman–Crippen LogP) is 3.05. The van der Waals surface area contributed by atoms with E-state index in [9.17, 15) is 12.8 Å². The van der Waals surface area contributed by atoms with Crippen LogP contribution in [-0.4, -0.2) is 38.4 Å². The molecule has 0 unspecified atom stereocenters. The Bertz CT molecular complexity index is 625. The number of nitrogens with zero attached hydrogens (tertiary/aromatic N) is 1. The first-order valence-corrected chi connectivity index (χ1v) is 9.48. The molecule has 1 aromatic rings. The third-order valence-corrected chi connectivity index (χ3v) is 6.77. The molecule has 1 saturated heterocycles. The number of benzene rings is 1. The first-order chi connectivity index (χ1) is 10.5. The smallest absolute Gasteiger partial charge is 0.247 e. The molecule has 1 aromatic carbocycles. The van der Waals surface area contributed by atoms with Crippen LogP contribution >= 0.6 is 24.0 Å². The highest BCUT2D eigenvalue weighted by Crippen LogP contribution is 2.30. The minimum Gasteiger partial charge on any atom is -0.314 e. The fourth-order valence-electron chi connectivity index (χ4n) is 2.81. The van der Waals surface area contributed by atoms with Gasteiger partial charge >= 0.3 is 0 Å². The first kappa shape index (κ1) is 18.9. The summed E-state index contributed by atoms with van der Waals surface area (Å²) in [5.41, 5.74) is 0. The van der Waals surface area contributed by atoms with Gasteiger partial charge in [-0.2, -0.15) is 4.31 Å². The minimum atomic E-state index is -3.87. The molecular formula is C15H21Cl2FN2O2S. The lowest BCUT2D eigenvalue weighted by molar-refractivity contribution is 0.287. The number of piperidine rings is 1. The van der Waals surface area contributed by atoms with Crippen LogP contribution in [-0.2, 0) is 10.0 Å². The molecule has 2 fully saturated rings. The molecule has 3 rings (SSSR count). The summed E-state index contributed by atoms with van der Waals surface area (Å²) in [7, 11) is -3.87. The molecule has 23 heavy (non-hydrogen) atoms. The normalized spacial score (nSPS) is 20.3. The van der Waals surface area contributed by atoms with Crippen molar-refractivity contribution in [1.82, 2.24) is 9.62 Å². The molecule has 1 N–H and O–H groups in total. The van der Waals surface area contributed by atoms with E-state index in [-0.39, 0.29) is 17.4 Å². The standard InChI is InChI=1S/C15H20ClFN2O2S.ClH/c16-13-2-1-3-14(17)15(13)22(20,21)19-8-6-12(7-9-19)18-10-11-4-5-11;/h1-3,11-12,18H,4-10H2;1H. The van der Waals surface area contributed by atoms with Crippen molar-refractivity contribution in [2.24, 2.45) is 5.92 Å². The highest BCUT2D eigenvalue weighted by atomic mass is 35.5. The first-order valence-electron chi connectivity index (χ1n) is 7.66. The second kappa shape index (κ2) is 7.66. The number of rotatable bonds is 5. The molecule has 0 aromatic heterocycles. The number of sulfonamides is 1. The van der Waals surface area contributed by atoms with Crippen molar-refractivity contribution in [2.75, 3.05) is 19.6 Å². The molecule has 1 aliphatic heterocycles. The molecule has 0 amide bonds. The molecule has 0 bridgehead atoms. The van der Waals surface area contributed by atoms with E-state index in [1.54, 1.807) is 0 Å². The fourth-order valence-corrected chi connectivity index (χ4v) is 4.85. The van der Waals surface area contributed by atoms with E-state index in [0.29, 0.717) is 19.1 Å². The second-order valence-corrected chi connectivity index (χ2v) is 8.36. The number of halogens is 3. The molecule has 1 heterocycles. The summed E-state index contributed by atoms with van der Waals surface area (Å²) >= 11 is 5.90. The van der Waals surface area contributed by atoms with Gasteiger partial charge in [0.2, 0.25) is 10.0 Å². The Morgan fingerprint density at radius 2 is 1.87 bits per heavy atom. The second-order valence-electron chi connectivity index (χ2n) is 6.08.